The minimum absolute atomic E-state index is 0.0418. The third-order valence-electron chi connectivity index (χ3n) is 3.18. The van der Waals surface area contributed by atoms with Gasteiger partial charge in [0.05, 0.1) is 6.10 Å². The van der Waals surface area contributed by atoms with E-state index < -0.39 is 0 Å². The number of carbonyl (C=O) groups excluding carboxylic acids is 1. The quantitative estimate of drug-likeness (QED) is 0.528. The Labute approximate surface area is 131 Å². The highest BCUT2D eigenvalue weighted by atomic mass is 16.5. The summed E-state index contributed by atoms with van der Waals surface area (Å²) in [7, 11) is 0. The number of ether oxygens (including phenoxy) is 1. The van der Waals surface area contributed by atoms with Gasteiger partial charge in [-0.05, 0) is 56.9 Å². The average molecular weight is 304 g/mol. The van der Waals surface area contributed by atoms with Crippen LogP contribution >= 0.6 is 0 Å². The normalized spacial score (nSPS) is 14.8. The summed E-state index contributed by atoms with van der Waals surface area (Å²) in [6.45, 7) is 4.75. The Bertz CT molecular complexity index is 521. The lowest BCUT2D eigenvalue weighted by Crippen LogP contribution is -2.30. The Hall–Kier alpha value is -2.24. The standard InChI is InChI=1S/C16H24N4O2/c1-11(2)22-14-7-5-13(6-8-14)20-16(17)19-10-15(21)18-9-12-3-4-12/h5-8,11-12H,3-4,9-10H2,1-2H3,(H,18,21)(H3,17,19,20). The Morgan fingerprint density at radius 2 is 2.05 bits per heavy atom. The predicted molar refractivity (Wildman–Crippen MR) is 88.1 cm³/mol. The Morgan fingerprint density at radius 3 is 2.64 bits per heavy atom. The van der Waals surface area contributed by atoms with E-state index in [1.807, 2.05) is 38.1 Å². The van der Waals surface area contributed by atoms with Crippen molar-refractivity contribution in [3.05, 3.63) is 24.3 Å². The second-order valence-corrected chi connectivity index (χ2v) is 5.76. The zero-order chi connectivity index (χ0) is 15.9. The lowest BCUT2D eigenvalue weighted by Gasteiger charge is -2.11. The molecule has 22 heavy (non-hydrogen) atoms. The van der Waals surface area contributed by atoms with Crippen LogP contribution < -0.4 is 21.1 Å². The molecule has 1 aliphatic rings. The van der Waals surface area contributed by atoms with Gasteiger partial charge in [0.1, 0.15) is 12.3 Å². The van der Waals surface area contributed by atoms with Gasteiger partial charge in [0.25, 0.3) is 0 Å². The molecule has 6 nitrogen and oxygen atoms in total. The van der Waals surface area contributed by atoms with Gasteiger partial charge >= 0.3 is 0 Å². The van der Waals surface area contributed by atoms with Crippen LogP contribution in [-0.2, 0) is 4.79 Å². The first kappa shape index (κ1) is 16.1. The monoisotopic (exact) mass is 304 g/mol. The van der Waals surface area contributed by atoms with Crippen molar-refractivity contribution in [2.75, 3.05) is 18.4 Å². The van der Waals surface area contributed by atoms with Gasteiger partial charge in [-0.3, -0.25) is 4.79 Å². The number of rotatable bonds is 7. The number of amides is 1. The van der Waals surface area contributed by atoms with Crippen molar-refractivity contribution in [2.24, 2.45) is 16.6 Å². The van der Waals surface area contributed by atoms with E-state index in [9.17, 15) is 4.79 Å². The Kier molecular flexibility index (Phi) is 5.63. The summed E-state index contributed by atoms with van der Waals surface area (Å²) >= 11 is 0. The fourth-order valence-corrected chi connectivity index (χ4v) is 1.87. The SMILES string of the molecule is CC(C)Oc1ccc(NC(N)=NCC(=O)NCC2CC2)cc1. The van der Waals surface area contributed by atoms with Crippen LogP contribution in [-0.4, -0.2) is 31.1 Å². The highest BCUT2D eigenvalue weighted by Gasteiger charge is 2.21. The number of nitrogens with one attached hydrogen (secondary N) is 2. The minimum Gasteiger partial charge on any atom is -0.491 e. The molecule has 1 aromatic rings. The summed E-state index contributed by atoms with van der Waals surface area (Å²) in [5, 5.41) is 5.79. The molecule has 0 bridgehead atoms. The topological polar surface area (TPSA) is 88.7 Å². The van der Waals surface area contributed by atoms with Gasteiger partial charge in [0.15, 0.2) is 5.96 Å². The van der Waals surface area contributed by atoms with Crippen LogP contribution in [0, 0.1) is 5.92 Å². The number of hydrogen-bond donors (Lipinski definition) is 3. The molecule has 0 atom stereocenters. The van der Waals surface area contributed by atoms with Gasteiger partial charge in [-0.25, -0.2) is 4.99 Å². The smallest absolute Gasteiger partial charge is 0.241 e. The van der Waals surface area contributed by atoms with Gasteiger partial charge in [-0.15, -0.1) is 0 Å². The molecule has 0 aliphatic heterocycles. The fraction of sp³-hybridized carbons (Fsp3) is 0.500. The van der Waals surface area contributed by atoms with Crippen molar-refractivity contribution in [3.8, 4) is 5.75 Å². The maximum Gasteiger partial charge on any atom is 0.241 e. The van der Waals surface area contributed by atoms with Crippen molar-refractivity contribution < 1.29 is 9.53 Å². The summed E-state index contributed by atoms with van der Waals surface area (Å²) < 4.78 is 5.56. The number of carbonyl (C=O) groups is 1. The summed E-state index contributed by atoms with van der Waals surface area (Å²) in [5.41, 5.74) is 6.57. The lowest BCUT2D eigenvalue weighted by molar-refractivity contribution is -0.119. The Balaban J connectivity index is 1.75. The van der Waals surface area contributed by atoms with Crippen LogP contribution in [0.25, 0.3) is 0 Å². The summed E-state index contributed by atoms with van der Waals surface area (Å²) in [6, 6.07) is 7.43. The highest BCUT2D eigenvalue weighted by molar-refractivity contribution is 5.93. The maximum atomic E-state index is 11.6. The number of aliphatic imine (C=N–C) groups is 1. The molecular formula is C16H24N4O2. The average Bonchev–Trinajstić information content (AvgIpc) is 3.29. The molecule has 2 rings (SSSR count). The summed E-state index contributed by atoms with van der Waals surface area (Å²) in [5.74, 6) is 1.59. The third-order valence-corrected chi connectivity index (χ3v) is 3.18. The number of benzene rings is 1. The molecule has 4 N–H and O–H groups in total. The highest BCUT2D eigenvalue weighted by Crippen LogP contribution is 2.27. The van der Waals surface area contributed by atoms with E-state index in [1.165, 1.54) is 12.8 Å². The van der Waals surface area contributed by atoms with E-state index in [-0.39, 0.29) is 24.5 Å². The summed E-state index contributed by atoms with van der Waals surface area (Å²) in [4.78, 5) is 15.6. The molecule has 120 valence electrons. The molecule has 1 saturated carbocycles. The van der Waals surface area contributed by atoms with Gasteiger partial charge < -0.3 is 21.1 Å². The number of anilines is 1. The number of guanidine groups is 1. The summed E-state index contributed by atoms with van der Waals surface area (Å²) in [6.07, 6.45) is 2.56. The van der Waals surface area contributed by atoms with Gasteiger partial charge in [-0.1, -0.05) is 0 Å². The van der Waals surface area contributed by atoms with Gasteiger partial charge in [0, 0.05) is 12.2 Å². The largest absolute Gasteiger partial charge is 0.491 e. The molecule has 1 fully saturated rings. The minimum atomic E-state index is -0.0997. The zero-order valence-corrected chi connectivity index (χ0v) is 13.1. The molecular weight excluding hydrogens is 280 g/mol. The van der Waals surface area contributed by atoms with Crippen LogP contribution in [0.5, 0.6) is 5.75 Å². The van der Waals surface area contributed by atoms with E-state index in [4.69, 9.17) is 10.5 Å². The van der Waals surface area contributed by atoms with Crippen molar-refractivity contribution in [1.29, 1.82) is 0 Å². The van der Waals surface area contributed by atoms with Crippen molar-refractivity contribution >= 4 is 17.6 Å². The van der Waals surface area contributed by atoms with E-state index in [2.05, 4.69) is 15.6 Å². The molecule has 0 aromatic heterocycles. The van der Waals surface area contributed by atoms with Crippen LogP contribution in [0.2, 0.25) is 0 Å². The van der Waals surface area contributed by atoms with E-state index in [0.29, 0.717) is 5.92 Å². The number of nitrogens with two attached hydrogens (primary N) is 1. The molecule has 1 aliphatic carbocycles. The van der Waals surface area contributed by atoms with Crippen molar-refractivity contribution in [1.82, 2.24) is 5.32 Å². The molecule has 0 radical (unpaired) electrons. The number of nitrogens with zero attached hydrogens (tertiary/aromatic N) is 1. The van der Waals surface area contributed by atoms with Crippen molar-refractivity contribution in [2.45, 2.75) is 32.8 Å². The van der Waals surface area contributed by atoms with E-state index >= 15 is 0 Å². The second kappa shape index (κ2) is 7.68. The molecule has 0 spiro atoms. The predicted octanol–water partition coefficient (Wildman–Crippen LogP) is 1.73. The lowest BCUT2D eigenvalue weighted by atomic mass is 10.3. The number of hydrogen-bond acceptors (Lipinski definition) is 3. The van der Waals surface area contributed by atoms with Crippen LogP contribution in [0.15, 0.2) is 29.3 Å². The van der Waals surface area contributed by atoms with Crippen LogP contribution in [0.4, 0.5) is 5.69 Å². The second-order valence-electron chi connectivity index (χ2n) is 5.76. The van der Waals surface area contributed by atoms with E-state index in [0.717, 1.165) is 18.0 Å². The molecule has 1 aromatic carbocycles. The third kappa shape index (κ3) is 6.03. The zero-order valence-electron chi connectivity index (χ0n) is 13.1. The van der Waals surface area contributed by atoms with Crippen LogP contribution in [0.3, 0.4) is 0 Å². The van der Waals surface area contributed by atoms with Crippen LogP contribution in [0.1, 0.15) is 26.7 Å². The first-order chi connectivity index (χ1) is 10.5. The first-order valence-electron chi connectivity index (χ1n) is 7.63. The first-order valence-corrected chi connectivity index (χ1v) is 7.63. The molecule has 0 saturated heterocycles. The maximum absolute atomic E-state index is 11.6. The van der Waals surface area contributed by atoms with Crippen molar-refractivity contribution in [3.63, 3.8) is 0 Å². The van der Waals surface area contributed by atoms with Gasteiger partial charge in [-0.2, -0.15) is 0 Å². The molecule has 0 unspecified atom stereocenters. The molecule has 0 heterocycles. The van der Waals surface area contributed by atoms with E-state index in [1.54, 1.807) is 0 Å². The fourth-order valence-electron chi connectivity index (χ4n) is 1.87. The molecule has 1 amide bonds. The van der Waals surface area contributed by atoms with Gasteiger partial charge in [0.2, 0.25) is 5.91 Å². The molecule has 6 heteroatoms. The Morgan fingerprint density at radius 1 is 1.36 bits per heavy atom.